The summed E-state index contributed by atoms with van der Waals surface area (Å²) in [5.41, 5.74) is 0.353. The normalized spacial score (nSPS) is 10.2. The van der Waals surface area contributed by atoms with Gasteiger partial charge in [-0.25, -0.2) is 8.78 Å². The van der Waals surface area contributed by atoms with Gasteiger partial charge in [0.1, 0.15) is 0 Å². The molecule has 1 aromatic rings. The number of hydrogen-bond donors (Lipinski definition) is 0. The molecule has 2 nitrogen and oxygen atoms in total. The number of nitrogens with zero attached hydrogens (tertiary/aromatic N) is 1. The average Bonchev–Trinajstić information content (AvgIpc) is 2.12. The summed E-state index contributed by atoms with van der Waals surface area (Å²) in [6.45, 7) is 0. The molecule has 0 atom stereocenters. The Morgan fingerprint density at radius 1 is 1.38 bits per heavy atom. The second-order valence-corrected chi connectivity index (χ2v) is 2.81. The predicted octanol–water partition coefficient (Wildman–Crippen LogP) is 2.62. The molecule has 0 amide bonds. The lowest BCUT2D eigenvalue weighted by Crippen LogP contribution is -2.15. The summed E-state index contributed by atoms with van der Waals surface area (Å²) in [4.78, 5) is 4.77. The molecule has 5 heteroatoms. The zero-order chi connectivity index (χ0) is 10.0. The van der Waals surface area contributed by atoms with E-state index in [9.17, 15) is 8.78 Å². The molecule has 0 aromatic heterocycles. The maximum Gasteiger partial charge on any atom is 0.177 e. The molecule has 0 N–H and O–H groups in total. The summed E-state index contributed by atoms with van der Waals surface area (Å²) in [5.74, 6) is -2.04. The first-order valence-corrected chi connectivity index (χ1v) is 3.86. The molecule has 0 spiro atoms. The van der Waals surface area contributed by atoms with Crippen molar-refractivity contribution in [3.05, 3.63) is 28.8 Å². The molecule has 0 aliphatic heterocycles. The van der Waals surface area contributed by atoms with Gasteiger partial charge < -0.3 is 0 Å². The van der Waals surface area contributed by atoms with Gasteiger partial charge in [0.05, 0.1) is 17.8 Å². The summed E-state index contributed by atoms with van der Waals surface area (Å²) >= 11 is 5.42. The van der Waals surface area contributed by atoms with E-state index in [0.717, 1.165) is 6.07 Å². The van der Waals surface area contributed by atoms with Crippen LogP contribution in [0.25, 0.3) is 0 Å². The van der Waals surface area contributed by atoms with Gasteiger partial charge in [-0.3, -0.25) is 9.90 Å². The summed E-state index contributed by atoms with van der Waals surface area (Å²) in [7, 11) is 2.97. The van der Waals surface area contributed by atoms with Crippen LogP contribution in [-0.2, 0) is 4.84 Å². The van der Waals surface area contributed by atoms with Crippen molar-refractivity contribution in [2.24, 2.45) is 0 Å². The predicted molar refractivity (Wildman–Crippen MR) is 46.8 cm³/mol. The largest absolute Gasteiger partial charge is 0.277 e. The molecule has 0 aliphatic carbocycles. The van der Waals surface area contributed by atoms with E-state index in [1.165, 1.54) is 18.2 Å². The Hall–Kier alpha value is -0.870. The third-order valence-electron chi connectivity index (χ3n) is 1.61. The summed E-state index contributed by atoms with van der Waals surface area (Å²) in [5, 5.41) is 1.01. The highest BCUT2D eigenvalue weighted by Gasteiger charge is 2.10. The molecule has 0 saturated heterocycles. The average molecular weight is 208 g/mol. The number of halogens is 3. The molecule has 0 radical (unpaired) electrons. The van der Waals surface area contributed by atoms with Gasteiger partial charge in [-0.2, -0.15) is 0 Å². The molecular formula is C8H8ClF2NO. The van der Waals surface area contributed by atoms with Crippen LogP contribution in [0.15, 0.2) is 12.1 Å². The fourth-order valence-electron chi connectivity index (χ4n) is 0.829. The smallest absolute Gasteiger partial charge is 0.177 e. The van der Waals surface area contributed by atoms with Gasteiger partial charge in [0.2, 0.25) is 0 Å². The molecule has 1 aromatic carbocycles. The van der Waals surface area contributed by atoms with E-state index in [1.807, 2.05) is 0 Å². The van der Waals surface area contributed by atoms with Crippen molar-refractivity contribution in [1.82, 2.24) is 0 Å². The minimum Gasteiger partial charge on any atom is -0.277 e. The van der Waals surface area contributed by atoms with Crippen LogP contribution in [0.1, 0.15) is 0 Å². The third kappa shape index (κ3) is 2.08. The molecule has 0 fully saturated rings. The van der Waals surface area contributed by atoms with E-state index in [2.05, 4.69) is 0 Å². The van der Waals surface area contributed by atoms with Crippen molar-refractivity contribution in [2.75, 3.05) is 19.2 Å². The van der Waals surface area contributed by atoms with E-state index in [-0.39, 0.29) is 5.02 Å². The van der Waals surface area contributed by atoms with Gasteiger partial charge in [0, 0.05) is 13.1 Å². The lowest BCUT2D eigenvalue weighted by atomic mass is 10.3. The second-order valence-electron chi connectivity index (χ2n) is 2.40. The summed E-state index contributed by atoms with van der Waals surface area (Å²) < 4.78 is 25.5. The van der Waals surface area contributed by atoms with Crippen LogP contribution in [-0.4, -0.2) is 14.2 Å². The molecular weight excluding hydrogens is 200 g/mol. The van der Waals surface area contributed by atoms with E-state index < -0.39 is 11.6 Å². The van der Waals surface area contributed by atoms with Crippen LogP contribution in [0, 0.1) is 11.6 Å². The van der Waals surface area contributed by atoms with Gasteiger partial charge >= 0.3 is 0 Å². The van der Waals surface area contributed by atoms with Crippen LogP contribution in [0.4, 0.5) is 14.5 Å². The Labute approximate surface area is 79.6 Å². The van der Waals surface area contributed by atoms with Crippen molar-refractivity contribution < 1.29 is 13.6 Å². The van der Waals surface area contributed by atoms with Crippen LogP contribution in [0.3, 0.4) is 0 Å². The van der Waals surface area contributed by atoms with Gasteiger partial charge in [0.15, 0.2) is 11.6 Å². The Bertz CT molecular complexity index is 296. The maximum absolute atomic E-state index is 12.8. The first-order valence-electron chi connectivity index (χ1n) is 3.48. The first-order chi connectivity index (χ1) is 6.06. The SMILES string of the molecule is CON(C)c1cc(F)c(F)c(Cl)c1. The van der Waals surface area contributed by atoms with Crippen LogP contribution >= 0.6 is 11.6 Å². The second kappa shape index (κ2) is 3.89. The number of anilines is 1. The summed E-state index contributed by atoms with van der Waals surface area (Å²) in [6.07, 6.45) is 0. The van der Waals surface area contributed by atoms with E-state index in [4.69, 9.17) is 16.4 Å². The quantitative estimate of drug-likeness (QED) is 0.546. The fraction of sp³-hybridized carbons (Fsp3) is 0.250. The van der Waals surface area contributed by atoms with E-state index in [0.29, 0.717) is 5.69 Å². The topological polar surface area (TPSA) is 12.5 Å². The van der Waals surface area contributed by atoms with Gasteiger partial charge in [-0.05, 0) is 6.07 Å². The monoisotopic (exact) mass is 207 g/mol. The van der Waals surface area contributed by atoms with E-state index in [1.54, 1.807) is 7.05 Å². The highest BCUT2D eigenvalue weighted by Crippen LogP contribution is 2.24. The van der Waals surface area contributed by atoms with Gasteiger partial charge in [-0.1, -0.05) is 11.6 Å². The van der Waals surface area contributed by atoms with Crippen LogP contribution < -0.4 is 5.06 Å². The Balaban J connectivity index is 3.13. The first kappa shape index (κ1) is 10.2. The molecule has 0 unspecified atom stereocenters. The minimum absolute atomic E-state index is 0.265. The molecule has 0 bridgehead atoms. The Morgan fingerprint density at radius 2 is 2.00 bits per heavy atom. The van der Waals surface area contributed by atoms with Gasteiger partial charge in [0.25, 0.3) is 0 Å². The maximum atomic E-state index is 12.8. The highest BCUT2D eigenvalue weighted by molar-refractivity contribution is 6.31. The lowest BCUT2D eigenvalue weighted by molar-refractivity contribution is 0.184. The molecule has 0 heterocycles. The fourth-order valence-corrected chi connectivity index (χ4v) is 1.03. The number of rotatable bonds is 2. The summed E-state index contributed by atoms with van der Waals surface area (Å²) in [6, 6.07) is 2.29. The molecule has 72 valence electrons. The number of hydrogen-bond acceptors (Lipinski definition) is 2. The standard InChI is InChI=1S/C8H8ClF2NO/c1-12(13-2)5-3-6(9)8(11)7(10)4-5/h3-4H,1-2H3. The van der Waals surface area contributed by atoms with Gasteiger partial charge in [-0.15, -0.1) is 0 Å². The highest BCUT2D eigenvalue weighted by atomic mass is 35.5. The van der Waals surface area contributed by atoms with E-state index >= 15 is 0 Å². The molecule has 1 rings (SSSR count). The zero-order valence-corrected chi connectivity index (χ0v) is 7.90. The van der Waals surface area contributed by atoms with Crippen LogP contribution in [0.5, 0.6) is 0 Å². The van der Waals surface area contributed by atoms with Crippen molar-refractivity contribution in [3.63, 3.8) is 0 Å². The molecule has 13 heavy (non-hydrogen) atoms. The van der Waals surface area contributed by atoms with Crippen LogP contribution in [0.2, 0.25) is 5.02 Å². The van der Waals surface area contributed by atoms with Crippen molar-refractivity contribution in [2.45, 2.75) is 0 Å². The molecule has 0 aliphatic rings. The lowest BCUT2D eigenvalue weighted by Gasteiger charge is -2.16. The minimum atomic E-state index is -1.05. The van der Waals surface area contributed by atoms with Crippen molar-refractivity contribution in [3.8, 4) is 0 Å². The third-order valence-corrected chi connectivity index (χ3v) is 1.88. The Kier molecular flexibility index (Phi) is 3.06. The Morgan fingerprint density at radius 3 is 2.46 bits per heavy atom. The number of hydroxylamine groups is 1. The number of benzene rings is 1. The molecule has 0 saturated carbocycles. The zero-order valence-electron chi connectivity index (χ0n) is 7.14. The van der Waals surface area contributed by atoms with Crippen molar-refractivity contribution >= 4 is 17.3 Å². The van der Waals surface area contributed by atoms with Crippen molar-refractivity contribution in [1.29, 1.82) is 0 Å².